The smallest absolute Gasteiger partial charge is 0.258 e. The van der Waals surface area contributed by atoms with Crippen molar-refractivity contribution < 1.29 is 0 Å². The number of nitrogens with zero attached hydrogens (tertiary/aromatic N) is 9. The Hall–Kier alpha value is -2.91. The number of rotatable bonds is 4. The molecule has 0 amide bonds. The molecule has 0 saturated carbocycles. The van der Waals surface area contributed by atoms with Crippen LogP contribution in [0.2, 0.25) is 0 Å². The maximum atomic E-state index is 4.26. The first-order valence-electron chi connectivity index (χ1n) is 5.57. The van der Waals surface area contributed by atoms with Crippen LogP contribution in [0, 0.1) is 0 Å². The molecule has 0 aliphatic heterocycles. The van der Waals surface area contributed by atoms with Crippen LogP contribution >= 0.6 is 0 Å². The van der Waals surface area contributed by atoms with Crippen molar-refractivity contribution >= 4 is 5.95 Å². The zero-order valence-electron chi connectivity index (χ0n) is 10.0. The van der Waals surface area contributed by atoms with Gasteiger partial charge in [0.05, 0.1) is 0 Å². The highest BCUT2D eigenvalue weighted by Crippen LogP contribution is 2.07. The molecule has 0 aliphatic rings. The van der Waals surface area contributed by atoms with Crippen molar-refractivity contribution in [3.05, 3.63) is 25.3 Å². The second kappa shape index (κ2) is 4.76. The topological polar surface area (TPSA) is 112 Å². The summed E-state index contributed by atoms with van der Waals surface area (Å²) in [4.78, 5) is 20.5. The summed E-state index contributed by atoms with van der Waals surface area (Å²) in [7, 11) is 0. The highest BCUT2D eigenvalue weighted by molar-refractivity contribution is 5.31. The molecule has 3 heterocycles. The lowest BCUT2D eigenvalue weighted by atomic mass is 10.7. The molecule has 0 bridgehead atoms. The lowest BCUT2D eigenvalue weighted by Gasteiger charge is -2.06. The molecular formula is C9H10N10. The summed E-state index contributed by atoms with van der Waals surface area (Å²) >= 11 is 0. The Kier molecular flexibility index (Phi) is 2.80. The number of hydrogen-bond donors (Lipinski definition) is 1. The Morgan fingerprint density at radius 2 is 1.53 bits per heavy atom. The van der Waals surface area contributed by atoms with E-state index < -0.39 is 0 Å². The zero-order valence-corrected chi connectivity index (χ0v) is 10.0. The fraction of sp³-hybridized carbons (Fsp3) is 0.222. The molecule has 0 radical (unpaired) electrons. The molecule has 1 N–H and O–H groups in total. The molecule has 0 atom stereocenters. The Labute approximate surface area is 107 Å². The molecule has 10 heteroatoms. The van der Waals surface area contributed by atoms with Gasteiger partial charge < -0.3 is 5.32 Å². The van der Waals surface area contributed by atoms with Crippen LogP contribution in [0.4, 0.5) is 5.95 Å². The van der Waals surface area contributed by atoms with Gasteiger partial charge in [-0.1, -0.05) is 0 Å². The molecule has 0 fully saturated rings. The van der Waals surface area contributed by atoms with Gasteiger partial charge in [-0.05, 0) is 6.92 Å². The van der Waals surface area contributed by atoms with Crippen LogP contribution in [0.15, 0.2) is 25.3 Å². The molecule has 19 heavy (non-hydrogen) atoms. The van der Waals surface area contributed by atoms with Crippen LogP contribution in [-0.2, 0) is 0 Å². The molecule has 0 aromatic carbocycles. The molecule has 0 spiro atoms. The van der Waals surface area contributed by atoms with E-state index in [-0.39, 0.29) is 0 Å². The predicted molar refractivity (Wildman–Crippen MR) is 63.8 cm³/mol. The third kappa shape index (κ3) is 2.22. The van der Waals surface area contributed by atoms with Crippen molar-refractivity contribution in [1.82, 2.24) is 44.5 Å². The lowest BCUT2D eigenvalue weighted by Crippen LogP contribution is -2.13. The van der Waals surface area contributed by atoms with Crippen LogP contribution < -0.4 is 5.32 Å². The maximum absolute atomic E-state index is 4.26. The monoisotopic (exact) mass is 258 g/mol. The first-order chi connectivity index (χ1) is 9.36. The van der Waals surface area contributed by atoms with E-state index in [9.17, 15) is 0 Å². The summed E-state index contributed by atoms with van der Waals surface area (Å²) in [5.41, 5.74) is 0. The van der Waals surface area contributed by atoms with E-state index in [2.05, 4.69) is 40.4 Å². The normalized spacial score (nSPS) is 10.6. The Balaban J connectivity index is 2.09. The highest BCUT2D eigenvalue weighted by atomic mass is 15.4. The van der Waals surface area contributed by atoms with Crippen molar-refractivity contribution in [3.8, 4) is 11.9 Å². The van der Waals surface area contributed by atoms with Crippen molar-refractivity contribution in [2.24, 2.45) is 0 Å². The number of hydrogen-bond acceptors (Lipinski definition) is 8. The van der Waals surface area contributed by atoms with Gasteiger partial charge in [-0.25, -0.2) is 9.97 Å². The predicted octanol–water partition coefficient (Wildman–Crippen LogP) is -0.535. The molecule has 3 aromatic heterocycles. The largest absolute Gasteiger partial charge is 0.354 e. The van der Waals surface area contributed by atoms with E-state index in [0.29, 0.717) is 24.4 Å². The quantitative estimate of drug-likeness (QED) is 0.664. The molecule has 3 rings (SSSR count). The van der Waals surface area contributed by atoms with Gasteiger partial charge >= 0.3 is 0 Å². The summed E-state index contributed by atoms with van der Waals surface area (Å²) in [6, 6.07) is 0. The van der Waals surface area contributed by atoms with Crippen molar-refractivity contribution in [3.63, 3.8) is 0 Å². The van der Waals surface area contributed by atoms with E-state index >= 15 is 0 Å². The molecule has 0 saturated heterocycles. The standard InChI is InChI=1S/C9H10N10/c1-2-12-7-15-8(18-5-10-3-13-18)17-9(16-7)19-6-11-4-14-19/h3-6H,2H2,1H3,(H,12,15,16,17). The summed E-state index contributed by atoms with van der Waals surface area (Å²) in [5, 5.41) is 11.0. The van der Waals surface area contributed by atoms with E-state index in [0.717, 1.165) is 0 Å². The minimum Gasteiger partial charge on any atom is -0.354 e. The molecule has 0 unspecified atom stereocenters. The van der Waals surface area contributed by atoms with Gasteiger partial charge in [0.1, 0.15) is 25.3 Å². The van der Waals surface area contributed by atoms with Gasteiger partial charge in [0, 0.05) is 6.54 Å². The SMILES string of the molecule is CCNc1nc(-n2cncn2)nc(-n2cncn2)n1. The van der Waals surface area contributed by atoms with Crippen molar-refractivity contribution in [2.75, 3.05) is 11.9 Å². The third-order valence-electron chi connectivity index (χ3n) is 2.19. The highest BCUT2D eigenvalue weighted by Gasteiger charge is 2.10. The average Bonchev–Trinajstić information content (AvgIpc) is 3.12. The van der Waals surface area contributed by atoms with E-state index in [1.807, 2.05) is 6.92 Å². The number of nitrogens with one attached hydrogen (secondary N) is 1. The first kappa shape index (κ1) is 11.2. The van der Waals surface area contributed by atoms with Crippen molar-refractivity contribution in [1.29, 1.82) is 0 Å². The second-order valence-electron chi connectivity index (χ2n) is 3.47. The Morgan fingerprint density at radius 3 is 1.95 bits per heavy atom. The van der Waals surface area contributed by atoms with Gasteiger partial charge in [-0.15, -0.1) is 0 Å². The van der Waals surface area contributed by atoms with Gasteiger partial charge in [0.2, 0.25) is 5.95 Å². The lowest BCUT2D eigenvalue weighted by molar-refractivity contribution is 0.744. The minimum atomic E-state index is 0.356. The fourth-order valence-electron chi connectivity index (χ4n) is 1.42. The maximum Gasteiger partial charge on any atom is 0.258 e. The van der Waals surface area contributed by atoms with Gasteiger partial charge in [0.15, 0.2) is 0 Å². The Bertz CT molecular complexity index is 591. The third-order valence-corrected chi connectivity index (χ3v) is 2.19. The van der Waals surface area contributed by atoms with Crippen LogP contribution in [0.5, 0.6) is 0 Å². The fourth-order valence-corrected chi connectivity index (χ4v) is 1.42. The van der Waals surface area contributed by atoms with Gasteiger partial charge in [-0.3, -0.25) is 0 Å². The summed E-state index contributed by atoms with van der Waals surface area (Å²) in [6.45, 7) is 2.64. The van der Waals surface area contributed by atoms with Crippen LogP contribution in [0.1, 0.15) is 6.92 Å². The summed E-state index contributed by atoms with van der Waals surface area (Å²) < 4.78 is 2.89. The number of aromatic nitrogens is 9. The van der Waals surface area contributed by atoms with Crippen LogP contribution in [0.3, 0.4) is 0 Å². The average molecular weight is 258 g/mol. The minimum absolute atomic E-state index is 0.356. The molecule has 3 aromatic rings. The van der Waals surface area contributed by atoms with E-state index in [1.54, 1.807) is 0 Å². The van der Waals surface area contributed by atoms with Crippen molar-refractivity contribution in [2.45, 2.75) is 6.92 Å². The van der Waals surface area contributed by atoms with Crippen LogP contribution in [-0.4, -0.2) is 51.0 Å². The summed E-state index contributed by atoms with van der Waals surface area (Å²) in [5.74, 6) is 1.15. The Morgan fingerprint density at radius 1 is 0.947 bits per heavy atom. The second-order valence-corrected chi connectivity index (χ2v) is 3.47. The molecule has 96 valence electrons. The van der Waals surface area contributed by atoms with Gasteiger partial charge in [-0.2, -0.15) is 34.5 Å². The van der Waals surface area contributed by atoms with Crippen LogP contribution in [0.25, 0.3) is 11.9 Å². The zero-order chi connectivity index (χ0) is 13.1. The van der Waals surface area contributed by atoms with E-state index in [1.165, 1.54) is 34.7 Å². The first-order valence-corrected chi connectivity index (χ1v) is 5.57. The molecule has 0 aliphatic carbocycles. The summed E-state index contributed by atoms with van der Waals surface area (Å²) in [6.07, 6.45) is 5.84. The molecule has 10 nitrogen and oxygen atoms in total. The van der Waals surface area contributed by atoms with Gasteiger partial charge in [0.25, 0.3) is 11.9 Å². The van der Waals surface area contributed by atoms with E-state index in [4.69, 9.17) is 0 Å². The number of anilines is 1. The molecular weight excluding hydrogens is 248 g/mol.